The van der Waals surface area contributed by atoms with Gasteiger partial charge in [-0.2, -0.15) is 5.10 Å². The zero-order chi connectivity index (χ0) is 15.0. The Morgan fingerprint density at radius 3 is 2.86 bits per heavy atom. The Hall–Kier alpha value is -2.41. The summed E-state index contributed by atoms with van der Waals surface area (Å²) in [6.45, 7) is 1.43. The molecule has 2 aromatic carbocycles. The zero-order valence-electron chi connectivity index (χ0n) is 11.1. The third-order valence-electron chi connectivity index (χ3n) is 3.20. The summed E-state index contributed by atoms with van der Waals surface area (Å²) in [4.78, 5) is -0.0767. The van der Waals surface area contributed by atoms with Gasteiger partial charge in [-0.15, -0.1) is 0 Å². The van der Waals surface area contributed by atoms with E-state index in [1.165, 1.54) is 25.1 Å². The first-order valence-corrected chi connectivity index (χ1v) is 7.67. The first kappa shape index (κ1) is 13.6. The number of nitrogens with zero attached hydrogens (tertiary/aromatic N) is 1. The van der Waals surface area contributed by atoms with E-state index in [-0.39, 0.29) is 10.5 Å². The predicted octanol–water partition coefficient (Wildman–Crippen LogP) is 2.81. The molecule has 1 aromatic heterocycles. The Bertz CT molecular complexity index is 919. The standard InChI is InChI=1S/C14H12FN3O2S/c1-9-12(15)3-2-4-14(9)21(19,20)18-11-6-5-10-8-16-17-13(10)7-11/h2-8,18H,1H3,(H,16,17). The van der Waals surface area contributed by atoms with Gasteiger partial charge in [0, 0.05) is 10.9 Å². The van der Waals surface area contributed by atoms with Crippen molar-refractivity contribution in [3.8, 4) is 0 Å². The minimum Gasteiger partial charge on any atom is -0.280 e. The average Bonchev–Trinajstić information content (AvgIpc) is 2.88. The molecule has 0 saturated heterocycles. The summed E-state index contributed by atoms with van der Waals surface area (Å²) in [6.07, 6.45) is 1.64. The number of aromatic nitrogens is 2. The average molecular weight is 305 g/mol. The molecule has 5 nitrogen and oxygen atoms in total. The second-order valence-corrected chi connectivity index (χ2v) is 6.29. The molecule has 0 bridgehead atoms. The maximum atomic E-state index is 13.5. The van der Waals surface area contributed by atoms with Crippen LogP contribution in [0, 0.1) is 12.7 Å². The summed E-state index contributed by atoms with van der Waals surface area (Å²) in [5.74, 6) is -0.554. The Kier molecular flexibility index (Phi) is 3.13. The SMILES string of the molecule is Cc1c(F)cccc1S(=O)(=O)Nc1ccc2cn[nH]c2c1. The minimum absolute atomic E-state index is 0.0767. The second kappa shape index (κ2) is 4.85. The zero-order valence-corrected chi connectivity index (χ0v) is 11.9. The number of hydrogen-bond acceptors (Lipinski definition) is 3. The Morgan fingerprint density at radius 2 is 2.05 bits per heavy atom. The fourth-order valence-corrected chi connectivity index (χ4v) is 3.40. The molecule has 0 aliphatic carbocycles. The molecule has 0 amide bonds. The van der Waals surface area contributed by atoms with Crippen LogP contribution in [-0.2, 0) is 10.0 Å². The molecule has 0 radical (unpaired) electrons. The summed E-state index contributed by atoms with van der Waals surface area (Å²) in [5.41, 5.74) is 1.19. The molecule has 0 spiro atoms. The summed E-state index contributed by atoms with van der Waals surface area (Å²) in [7, 11) is -3.84. The molecule has 1 heterocycles. The van der Waals surface area contributed by atoms with E-state index < -0.39 is 15.8 Å². The molecule has 0 saturated carbocycles. The molecule has 0 unspecified atom stereocenters. The van der Waals surface area contributed by atoms with Crippen molar-refractivity contribution < 1.29 is 12.8 Å². The minimum atomic E-state index is -3.84. The normalized spacial score (nSPS) is 11.7. The number of hydrogen-bond donors (Lipinski definition) is 2. The van der Waals surface area contributed by atoms with E-state index in [9.17, 15) is 12.8 Å². The lowest BCUT2D eigenvalue weighted by atomic mass is 10.2. The first-order chi connectivity index (χ1) is 9.97. The van der Waals surface area contributed by atoms with Gasteiger partial charge in [0.2, 0.25) is 0 Å². The van der Waals surface area contributed by atoms with Crippen molar-refractivity contribution >= 4 is 26.6 Å². The summed E-state index contributed by atoms with van der Waals surface area (Å²) >= 11 is 0. The number of fused-ring (bicyclic) bond motifs is 1. The smallest absolute Gasteiger partial charge is 0.262 e. The Labute approximate surface area is 120 Å². The maximum Gasteiger partial charge on any atom is 0.262 e. The number of rotatable bonds is 3. The molecule has 0 fully saturated rings. The van der Waals surface area contributed by atoms with Gasteiger partial charge >= 0.3 is 0 Å². The van der Waals surface area contributed by atoms with Gasteiger partial charge in [0.1, 0.15) is 5.82 Å². The van der Waals surface area contributed by atoms with Crippen molar-refractivity contribution in [2.75, 3.05) is 4.72 Å². The summed E-state index contributed by atoms with van der Waals surface area (Å²) in [6, 6.07) is 8.98. The highest BCUT2D eigenvalue weighted by molar-refractivity contribution is 7.92. The van der Waals surface area contributed by atoms with Crippen molar-refractivity contribution in [1.29, 1.82) is 0 Å². The summed E-state index contributed by atoms with van der Waals surface area (Å²) in [5, 5.41) is 7.51. The Balaban J connectivity index is 2.00. The third-order valence-corrected chi connectivity index (χ3v) is 4.73. The van der Waals surface area contributed by atoms with Gasteiger partial charge in [-0.05, 0) is 37.3 Å². The number of aromatic amines is 1. The molecular formula is C14H12FN3O2S. The highest BCUT2D eigenvalue weighted by atomic mass is 32.2. The molecule has 0 aliphatic heterocycles. The van der Waals surface area contributed by atoms with E-state index in [2.05, 4.69) is 14.9 Å². The molecule has 2 N–H and O–H groups in total. The number of benzene rings is 2. The molecule has 21 heavy (non-hydrogen) atoms. The lowest BCUT2D eigenvalue weighted by molar-refractivity contribution is 0.590. The van der Waals surface area contributed by atoms with E-state index in [0.29, 0.717) is 11.2 Å². The molecule has 0 aliphatic rings. The highest BCUT2D eigenvalue weighted by Gasteiger charge is 2.18. The van der Waals surface area contributed by atoms with E-state index in [1.807, 2.05) is 0 Å². The number of nitrogens with one attached hydrogen (secondary N) is 2. The largest absolute Gasteiger partial charge is 0.280 e. The van der Waals surface area contributed by atoms with Gasteiger partial charge in [0.15, 0.2) is 0 Å². The molecular weight excluding hydrogens is 293 g/mol. The molecule has 3 aromatic rings. The molecule has 3 rings (SSSR count). The quantitative estimate of drug-likeness (QED) is 0.781. The van der Waals surface area contributed by atoms with Crippen LogP contribution in [-0.4, -0.2) is 18.6 Å². The lowest BCUT2D eigenvalue weighted by Crippen LogP contribution is -2.14. The van der Waals surface area contributed by atoms with Gasteiger partial charge in [0.25, 0.3) is 10.0 Å². The van der Waals surface area contributed by atoms with Crippen LogP contribution in [0.4, 0.5) is 10.1 Å². The number of H-pyrrole nitrogens is 1. The van der Waals surface area contributed by atoms with Crippen LogP contribution in [0.2, 0.25) is 0 Å². The molecule has 7 heteroatoms. The van der Waals surface area contributed by atoms with E-state index in [1.54, 1.807) is 24.4 Å². The maximum absolute atomic E-state index is 13.5. The van der Waals surface area contributed by atoms with Gasteiger partial charge < -0.3 is 0 Å². The second-order valence-electron chi connectivity index (χ2n) is 4.64. The third kappa shape index (κ3) is 2.47. The Morgan fingerprint density at radius 1 is 1.24 bits per heavy atom. The highest BCUT2D eigenvalue weighted by Crippen LogP contribution is 2.23. The monoisotopic (exact) mass is 305 g/mol. The fourth-order valence-electron chi connectivity index (χ4n) is 2.09. The van der Waals surface area contributed by atoms with Crippen LogP contribution in [0.5, 0.6) is 0 Å². The van der Waals surface area contributed by atoms with E-state index >= 15 is 0 Å². The van der Waals surface area contributed by atoms with Crippen molar-refractivity contribution in [3.05, 3.63) is 54.0 Å². The summed E-state index contributed by atoms with van der Waals surface area (Å²) < 4.78 is 40.6. The topological polar surface area (TPSA) is 74.8 Å². The number of sulfonamides is 1. The van der Waals surface area contributed by atoms with Crippen LogP contribution >= 0.6 is 0 Å². The first-order valence-electron chi connectivity index (χ1n) is 6.18. The van der Waals surface area contributed by atoms with Crippen molar-refractivity contribution in [1.82, 2.24) is 10.2 Å². The number of halogens is 1. The van der Waals surface area contributed by atoms with Crippen LogP contribution in [0.15, 0.2) is 47.5 Å². The van der Waals surface area contributed by atoms with Gasteiger partial charge in [-0.25, -0.2) is 12.8 Å². The lowest BCUT2D eigenvalue weighted by Gasteiger charge is -2.10. The van der Waals surface area contributed by atoms with Crippen LogP contribution in [0.3, 0.4) is 0 Å². The fraction of sp³-hybridized carbons (Fsp3) is 0.0714. The van der Waals surface area contributed by atoms with Crippen LogP contribution in [0.25, 0.3) is 10.9 Å². The molecule has 0 atom stereocenters. The van der Waals surface area contributed by atoms with Crippen molar-refractivity contribution in [2.45, 2.75) is 11.8 Å². The van der Waals surface area contributed by atoms with Crippen LogP contribution in [0.1, 0.15) is 5.56 Å². The number of anilines is 1. The van der Waals surface area contributed by atoms with Gasteiger partial charge in [-0.3, -0.25) is 9.82 Å². The van der Waals surface area contributed by atoms with Crippen molar-refractivity contribution in [3.63, 3.8) is 0 Å². The predicted molar refractivity (Wildman–Crippen MR) is 78.0 cm³/mol. The van der Waals surface area contributed by atoms with Crippen molar-refractivity contribution in [2.24, 2.45) is 0 Å². The van der Waals surface area contributed by atoms with Gasteiger partial charge in [-0.1, -0.05) is 6.07 Å². The van der Waals surface area contributed by atoms with E-state index in [4.69, 9.17) is 0 Å². The van der Waals surface area contributed by atoms with Gasteiger partial charge in [0.05, 0.1) is 22.3 Å². The van der Waals surface area contributed by atoms with E-state index in [0.717, 1.165) is 5.39 Å². The molecule has 108 valence electrons. The van der Waals surface area contributed by atoms with Crippen LogP contribution < -0.4 is 4.72 Å².